The molecule has 0 spiro atoms. The topological polar surface area (TPSA) is 81.7 Å². The van der Waals surface area contributed by atoms with Gasteiger partial charge in [0, 0.05) is 31.4 Å². The molecular weight excluding hydrogens is 258 g/mol. The van der Waals surface area contributed by atoms with E-state index in [2.05, 4.69) is 10.6 Å². The molecule has 6 heteroatoms. The second-order valence-corrected chi connectivity index (χ2v) is 5.31. The summed E-state index contributed by atoms with van der Waals surface area (Å²) in [5.41, 5.74) is 2.16. The van der Waals surface area contributed by atoms with Crippen molar-refractivity contribution in [2.45, 2.75) is 18.6 Å². The van der Waals surface area contributed by atoms with Crippen LogP contribution in [-0.2, 0) is 11.2 Å². The minimum absolute atomic E-state index is 0.0478. The van der Waals surface area contributed by atoms with Crippen LogP contribution in [0.25, 0.3) is 0 Å². The molecule has 1 aromatic carbocycles. The molecule has 1 fully saturated rings. The molecule has 0 aliphatic carbocycles. The molecule has 1 aromatic rings. The Balaban J connectivity index is 1.81. The number of fused-ring (bicyclic) bond motifs is 1. The summed E-state index contributed by atoms with van der Waals surface area (Å²) >= 11 is 0. The summed E-state index contributed by atoms with van der Waals surface area (Å²) in [7, 11) is 1.69. The van der Waals surface area contributed by atoms with Crippen molar-refractivity contribution in [3.05, 3.63) is 29.3 Å². The molecule has 0 aromatic heterocycles. The average Bonchev–Trinajstić information content (AvgIpc) is 3.00. The minimum Gasteiger partial charge on any atom is -0.390 e. The third-order valence-electron chi connectivity index (χ3n) is 3.95. The van der Waals surface area contributed by atoms with E-state index in [4.69, 9.17) is 0 Å². The highest BCUT2D eigenvalue weighted by atomic mass is 16.3. The first-order valence-electron chi connectivity index (χ1n) is 6.65. The maximum absolute atomic E-state index is 12.4. The van der Waals surface area contributed by atoms with Crippen molar-refractivity contribution in [1.82, 2.24) is 10.2 Å². The first-order valence-corrected chi connectivity index (χ1v) is 6.65. The Bertz CT molecular complexity index is 573. The zero-order valence-electron chi connectivity index (χ0n) is 11.2. The quantitative estimate of drug-likeness (QED) is 0.685. The van der Waals surface area contributed by atoms with Crippen LogP contribution in [0.15, 0.2) is 18.2 Å². The molecule has 1 saturated heterocycles. The molecule has 6 nitrogen and oxygen atoms in total. The summed E-state index contributed by atoms with van der Waals surface area (Å²) in [6.07, 6.45) is -0.227. The number of amides is 2. The molecule has 3 rings (SSSR count). The third-order valence-corrected chi connectivity index (χ3v) is 3.95. The van der Waals surface area contributed by atoms with Crippen LogP contribution in [-0.4, -0.2) is 54.1 Å². The van der Waals surface area contributed by atoms with Crippen LogP contribution < -0.4 is 10.6 Å². The van der Waals surface area contributed by atoms with E-state index < -0.39 is 6.10 Å². The number of anilines is 1. The molecule has 0 bridgehead atoms. The van der Waals surface area contributed by atoms with E-state index in [0.717, 1.165) is 11.3 Å². The van der Waals surface area contributed by atoms with E-state index >= 15 is 0 Å². The van der Waals surface area contributed by atoms with Gasteiger partial charge in [0.1, 0.15) is 0 Å². The third kappa shape index (κ3) is 2.17. The van der Waals surface area contributed by atoms with E-state index in [-0.39, 0.29) is 17.9 Å². The summed E-state index contributed by atoms with van der Waals surface area (Å²) in [4.78, 5) is 25.3. The molecule has 2 atom stereocenters. The molecule has 0 radical (unpaired) electrons. The number of benzene rings is 1. The van der Waals surface area contributed by atoms with Crippen LogP contribution in [0.2, 0.25) is 0 Å². The van der Waals surface area contributed by atoms with E-state index in [0.29, 0.717) is 25.1 Å². The van der Waals surface area contributed by atoms with Crippen LogP contribution in [0.4, 0.5) is 5.69 Å². The first kappa shape index (κ1) is 13.1. The number of nitrogens with zero attached hydrogens (tertiary/aromatic N) is 1. The summed E-state index contributed by atoms with van der Waals surface area (Å²) in [5.74, 6) is -0.187. The summed E-state index contributed by atoms with van der Waals surface area (Å²) in [5, 5.41) is 15.6. The van der Waals surface area contributed by atoms with Crippen molar-refractivity contribution in [2.75, 3.05) is 25.5 Å². The number of carbonyl (C=O) groups excluding carboxylic acids is 2. The summed E-state index contributed by atoms with van der Waals surface area (Å²) in [6.45, 7) is 1.10. The fourth-order valence-electron chi connectivity index (χ4n) is 2.76. The predicted molar refractivity (Wildman–Crippen MR) is 73.5 cm³/mol. The summed E-state index contributed by atoms with van der Waals surface area (Å²) < 4.78 is 0. The van der Waals surface area contributed by atoms with Crippen LogP contribution in [0.3, 0.4) is 0 Å². The van der Waals surface area contributed by atoms with E-state index in [1.165, 1.54) is 0 Å². The fourth-order valence-corrected chi connectivity index (χ4v) is 2.76. The highest BCUT2D eigenvalue weighted by Gasteiger charge is 2.32. The number of rotatable bonds is 2. The van der Waals surface area contributed by atoms with Crippen LogP contribution in [0.5, 0.6) is 0 Å². The van der Waals surface area contributed by atoms with Crippen LogP contribution in [0, 0.1) is 0 Å². The number of nitrogens with one attached hydrogen (secondary N) is 2. The van der Waals surface area contributed by atoms with Crippen molar-refractivity contribution in [3.63, 3.8) is 0 Å². The number of hydrogen-bond acceptors (Lipinski definition) is 4. The van der Waals surface area contributed by atoms with Crippen LogP contribution in [0.1, 0.15) is 15.9 Å². The lowest BCUT2D eigenvalue weighted by molar-refractivity contribution is -0.115. The largest absolute Gasteiger partial charge is 0.390 e. The molecular formula is C14H17N3O3. The van der Waals surface area contributed by atoms with Gasteiger partial charge in [-0.15, -0.1) is 0 Å². The van der Waals surface area contributed by atoms with Crippen molar-refractivity contribution in [2.24, 2.45) is 0 Å². The predicted octanol–water partition coefficient (Wildman–Crippen LogP) is -0.414. The van der Waals surface area contributed by atoms with Gasteiger partial charge in [-0.3, -0.25) is 9.59 Å². The van der Waals surface area contributed by atoms with E-state index in [1.807, 2.05) is 0 Å². The Labute approximate surface area is 116 Å². The lowest BCUT2D eigenvalue weighted by Crippen LogP contribution is -2.44. The molecule has 0 saturated carbocycles. The van der Waals surface area contributed by atoms with E-state index in [1.54, 1.807) is 30.1 Å². The van der Waals surface area contributed by atoms with Gasteiger partial charge in [0.05, 0.1) is 18.6 Å². The number of likely N-dealkylation sites (N-methyl/N-ethyl adjacent to an activating group) is 1. The number of β-amino-alcohol motifs (C(OH)–C–C–N with tert-alkyl or cyclic N) is 1. The molecule has 3 N–H and O–H groups in total. The van der Waals surface area contributed by atoms with Gasteiger partial charge in [0.25, 0.3) is 5.91 Å². The Kier molecular flexibility index (Phi) is 3.19. The maximum atomic E-state index is 12.4. The maximum Gasteiger partial charge on any atom is 0.253 e. The van der Waals surface area contributed by atoms with Gasteiger partial charge in [-0.2, -0.15) is 0 Å². The van der Waals surface area contributed by atoms with Gasteiger partial charge >= 0.3 is 0 Å². The Morgan fingerprint density at radius 3 is 2.90 bits per heavy atom. The van der Waals surface area contributed by atoms with Gasteiger partial charge in [-0.1, -0.05) is 0 Å². The van der Waals surface area contributed by atoms with Crippen molar-refractivity contribution in [3.8, 4) is 0 Å². The highest BCUT2D eigenvalue weighted by Crippen LogP contribution is 2.24. The van der Waals surface area contributed by atoms with Gasteiger partial charge in [0.2, 0.25) is 5.91 Å². The average molecular weight is 275 g/mol. The molecule has 0 unspecified atom stereocenters. The standard InChI is InChI=1S/C14H17N3O3/c1-17(11-6-15-7-12(11)18)14(20)8-2-3-10-9(4-8)5-13(19)16-10/h2-4,11-12,15,18H,5-7H2,1H3,(H,16,19)/t11-,12-/m1/s1. The SMILES string of the molecule is CN(C(=O)c1ccc2c(c1)CC(=O)N2)[C@@H]1CNC[C@H]1O. The Morgan fingerprint density at radius 1 is 1.40 bits per heavy atom. The van der Waals surface area contributed by atoms with E-state index in [9.17, 15) is 14.7 Å². The Morgan fingerprint density at radius 2 is 2.20 bits per heavy atom. The Hall–Kier alpha value is -1.92. The monoisotopic (exact) mass is 275 g/mol. The molecule has 2 amide bonds. The zero-order valence-corrected chi connectivity index (χ0v) is 11.2. The first-order chi connectivity index (χ1) is 9.56. The fraction of sp³-hybridized carbons (Fsp3) is 0.429. The summed E-state index contributed by atoms with van der Waals surface area (Å²) in [6, 6.07) is 5.00. The number of hydrogen-bond donors (Lipinski definition) is 3. The van der Waals surface area contributed by atoms with Crippen molar-refractivity contribution in [1.29, 1.82) is 0 Å². The lowest BCUT2D eigenvalue weighted by atomic mass is 10.1. The highest BCUT2D eigenvalue weighted by molar-refractivity contribution is 6.01. The van der Waals surface area contributed by atoms with Gasteiger partial charge < -0.3 is 20.6 Å². The molecule has 2 aliphatic heterocycles. The number of carbonyl (C=O) groups is 2. The minimum atomic E-state index is -0.540. The smallest absolute Gasteiger partial charge is 0.253 e. The second kappa shape index (κ2) is 4.88. The second-order valence-electron chi connectivity index (χ2n) is 5.31. The number of aliphatic hydroxyl groups excluding tert-OH is 1. The zero-order chi connectivity index (χ0) is 14.3. The van der Waals surface area contributed by atoms with Gasteiger partial charge in [-0.05, 0) is 23.8 Å². The van der Waals surface area contributed by atoms with Crippen molar-refractivity contribution < 1.29 is 14.7 Å². The van der Waals surface area contributed by atoms with Gasteiger partial charge in [0.15, 0.2) is 0 Å². The normalized spacial score (nSPS) is 24.4. The van der Waals surface area contributed by atoms with Crippen molar-refractivity contribution >= 4 is 17.5 Å². The molecule has 2 aliphatic rings. The molecule has 2 heterocycles. The number of aliphatic hydroxyl groups is 1. The van der Waals surface area contributed by atoms with Crippen LogP contribution >= 0.6 is 0 Å². The molecule has 106 valence electrons. The van der Waals surface area contributed by atoms with Gasteiger partial charge in [-0.25, -0.2) is 0 Å². The lowest BCUT2D eigenvalue weighted by Gasteiger charge is -2.26. The molecule has 20 heavy (non-hydrogen) atoms.